The summed E-state index contributed by atoms with van der Waals surface area (Å²) < 4.78 is 6.52. The lowest BCUT2D eigenvalue weighted by atomic mass is 9.82. The number of aryl methyl sites for hydroxylation is 1. The number of esters is 1. The third kappa shape index (κ3) is 5.67. The van der Waals surface area contributed by atoms with Crippen molar-refractivity contribution in [1.29, 1.82) is 0 Å². The number of aliphatic carboxylic acids is 1. The summed E-state index contributed by atoms with van der Waals surface area (Å²) in [7, 11) is 1.32. The van der Waals surface area contributed by atoms with E-state index < -0.39 is 18.0 Å². The first-order valence-corrected chi connectivity index (χ1v) is 12.3. The van der Waals surface area contributed by atoms with Crippen molar-refractivity contribution < 1.29 is 24.2 Å². The molecular formula is C27H32N4O5. The Bertz CT molecular complexity index is 1260. The number of anilines is 1. The van der Waals surface area contributed by atoms with E-state index in [4.69, 9.17) is 9.72 Å². The number of imidazole rings is 1. The lowest BCUT2D eigenvalue weighted by molar-refractivity contribution is -0.139. The third-order valence-corrected chi connectivity index (χ3v) is 6.74. The van der Waals surface area contributed by atoms with Crippen molar-refractivity contribution in [2.75, 3.05) is 19.0 Å². The van der Waals surface area contributed by atoms with Gasteiger partial charge in [0.25, 0.3) is 5.91 Å². The van der Waals surface area contributed by atoms with Crippen LogP contribution in [0.5, 0.6) is 0 Å². The molecular weight excluding hydrogens is 460 g/mol. The van der Waals surface area contributed by atoms with Crippen LogP contribution in [-0.4, -0.2) is 52.0 Å². The van der Waals surface area contributed by atoms with Crippen LogP contribution in [0.3, 0.4) is 0 Å². The van der Waals surface area contributed by atoms with E-state index in [2.05, 4.69) is 10.6 Å². The fourth-order valence-corrected chi connectivity index (χ4v) is 4.94. The van der Waals surface area contributed by atoms with Crippen LogP contribution in [0.25, 0.3) is 16.9 Å². The zero-order chi connectivity index (χ0) is 25.7. The van der Waals surface area contributed by atoms with Crippen molar-refractivity contribution in [1.82, 2.24) is 14.7 Å². The van der Waals surface area contributed by atoms with Gasteiger partial charge in [0, 0.05) is 17.8 Å². The molecule has 0 bridgehead atoms. The van der Waals surface area contributed by atoms with Crippen molar-refractivity contribution in [3.63, 3.8) is 0 Å². The summed E-state index contributed by atoms with van der Waals surface area (Å²) in [5, 5.41) is 15.6. The van der Waals surface area contributed by atoms with Crippen LogP contribution in [0.15, 0.2) is 42.6 Å². The Labute approximate surface area is 209 Å². The van der Waals surface area contributed by atoms with Crippen LogP contribution in [0.4, 0.5) is 5.82 Å². The van der Waals surface area contributed by atoms with Gasteiger partial charge in [-0.1, -0.05) is 43.0 Å². The molecule has 0 saturated heterocycles. The number of amides is 1. The summed E-state index contributed by atoms with van der Waals surface area (Å²) in [6, 6.07) is 10.8. The molecule has 3 N–H and O–H groups in total. The van der Waals surface area contributed by atoms with E-state index in [1.807, 2.05) is 31.2 Å². The van der Waals surface area contributed by atoms with Crippen molar-refractivity contribution in [3.8, 4) is 11.3 Å². The van der Waals surface area contributed by atoms with Gasteiger partial charge in [-0.2, -0.15) is 0 Å². The van der Waals surface area contributed by atoms with Gasteiger partial charge in [0.1, 0.15) is 18.1 Å². The molecule has 1 aromatic carbocycles. The number of nitrogens with zero attached hydrogens (tertiary/aromatic N) is 2. The van der Waals surface area contributed by atoms with Crippen molar-refractivity contribution in [2.24, 2.45) is 5.92 Å². The van der Waals surface area contributed by atoms with E-state index in [1.165, 1.54) is 7.11 Å². The van der Waals surface area contributed by atoms with Crippen LogP contribution in [0, 0.1) is 12.8 Å². The molecule has 1 atom stereocenters. The number of fused-ring (bicyclic) bond motifs is 1. The monoisotopic (exact) mass is 492 g/mol. The van der Waals surface area contributed by atoms with Gasteiger partial charge in [0.2, 0.25) is 0 Å². The van der Waals surface area contributed by atoms with Crippen LogP contribution in [0.2, 0.25) is 0 Å². The van der Waals surface area contributed by atoms with Gasteiger partial charge in [-0.15, -0.1) is 0 Å². The topological polar surface area (TPSA) is 122 Å². The molecule has 1 saturated carbocycles. The zero-order valence-corrected chi connectivity index (χ0v) is 20.6. The largest absolute Gasteiger partial charge is 0.481 e. The molecule has 2 heterocycles. The first-order valence-electron chi connectivity index (χ1n) is 12.3. The van der Waals surface area contributed by atoms with E-state index in [-0.39, 0.29) is 24.8 Å². The summed E-state index contributed by atoms with van der Waals surface area (Å²) in [6.07, 6.45) is 6.70. The number of carbonyl (C=O) groups is 3. The Morgan fingerprint density at radius 3 is 2.64 bits per heavy atom. The number of pyridine rings is 1. The molecule has 1 fully saturated rings. The second kappa shape index (κ2) is 11.2. The summed E-state index contributed by atoms with van der Waals surface area (Å²) in [5.41, 5.74) is 3.23. The third-order valence-electron chi connectivity index (χ3n) is 6.74. The Balaban J connectivity index is 1.72. The smallest absolute Gasteiger partial charge is 0.325 e. The second-order valence-corrected chi connectivity index (χ2v) is 9.30. The minimum atomic E-state index is -0.930. The highest BCUT2D eigenvalue weighted by Crippen LogP contribution is 2.31. The summed E-state index contributed by atoms with van der Waals surface area (Å²) in [4.78, 5) is 41.7. The molecule has 4 rings (SSSR count). The number of hydrogen-bond donors (Lipinski definition) is 3. The van der Waals surface area contributed by atoms with Crippen LogP contribution < -0.4 is 10.6 Å². The summed E-state index contributed by atoms with van der Waals surface area (Å²) in [6.45, 7) is 1.91. The summed E-state index contributed by atoms with van der Waals surface area (Å²) >= 11 is 0. The lowest BCUT2D eigenvalue weighted by Crippen LogP contribution is -2.42. The number of ether oxygens (including phenoxy) is 1. The predicted octanol–water partition coefficient (Wildman–Crippen LogP) is 4.05. The number of nitrogens with one attached hydrogen (secondary N) is 2. The maximum Gasteiger partial charge on any atom is 0.325 e. The highest BCUT2D eigenvalue weighted by molar-refractivity contribution is 6.01. The molecule has 190 valence electrons. The quantitative estimate of drug-likeness (QED) is 0.385. The fourth-order valence-electron chi connectivity index (χ4n) is 4.94. The maximum absolute atomic E-state index is 13.5. The number of methoxy groups -OCH3 is 1. The SMILES string of the molecule is COC(=O)CNc1c(-c2cccc(C)c2)nc2c(C(=O)NC(CC(=O)O)C3CCCCC3)cccn12. The molecule has 0 aliphatic heterocycles. The zero-order valence-electron chi connectivity index (χ0n) is 20.6. The number of hydrogen-bond acceptors (Lipinski definition) is 6. The molecule has 3 aromatic rings. The van der Waals surface area contributed by atoms with Gasteiger partial charge in [0.15, 0.2) is 5.65 Å². The molecule has 2 aromatic heterocycles. The van der Waals surface area contributed by atoms with Gasteiger partial charge in [-0.25, -0.2) is 4.98 Å². The van der Waals surface area contributed by atoms with E-state index >= 15 is 0 Å². The van der Waals surface area contributed by atoms with Gasteiger partial charge < -0.3 is 20.5 Å². The molecule has 36 heavy (non-hydrogen) atoms. The molecule has 0 radical (unpaired) electrons. The Hall–Kier alpha value is -3.88. The van der Waals surface area contributed by atoms with Gasteiger partial charge >= 0.3 is 11.9 Å². The molecule has 1 unspecified atom stereocenters. The van der Waals surface area contributed by atoms with E-state index in [9.17, 15) is 19.5 Å². The number of aromatic nitrogens is 2. The van der Waals surface area contributed by atoms with Gasteiger partial charge in [-0.3, -0.25) is 18.8 Å². The van der Waals surface area contributed by atoms with E-state index in [1.54, 1.807) is 22.7 Å². The number of benzene rings is 1. The van der Waals surface area contributed by atoms with E-state index in [0.717, 1.165) is 43.2 Å². The summed E-state index contributed by atoms with van der Waals surface area (Å²) in [5.74, 6) is -1.03. The lowest BCUT2D eigenvalue weighted by Gasteiger charge is -2.30. The molecule has 1 amide bonds. The van der Waals surface area contributed by atoms with Crippen LogP contribution >= 0.6 is 0 Å². The average molecular weight is 493 g/mol. The highest BCUT2D eigenvalue weighted by atomic mass is 16.5. The maximum atomic E-state index is 13.5. The van der Waals surface area contributed by atoms with Gasteiger partial charge in [-0.05, 0) is 43.9 Å². The first-order chi connectivity index (χ1) is 17.4. The molecule has 0 spiro atoms. The predicted molar refractivity (Wildman–Crippen MR) is 136 cm³/mol. The Morgan fingerprint density at radius 1 is 1.17 bits per heavy atom. The molecule has 9 heteroatoms. The minimum Gasteiger partial charge on any atom is -0.481 e. The molecule has 9 nitrogen and oxygen atoms in total. The van der Waals surface area contributed by atoms with E-state index in [0.29, 0.717) is 22.7 Å². The molecule has 1 aliphatic rings. The highest BCUT2D eigenvalue weighted by Gasteiger charge is 2.29. The fraction of sp³-hybridized carbons (Fsp3) is 0.407. The minimum absolute atomic E-state index is 0.0676. The van der Waals surface area contributed by atoms with Crippen LogP contribution in [-0.2, 0) is 14.3 Å². The number of rotatable bonds is 9. The Morgan fingerprint density at radius 2 is 1.94 bits per heavy atom. The first kappa shape index (κ1) is 25.2. The van der Waals surface area contributed by atoms with Gasteiger partial charge in [0.05, 0.1) is 19.1 Å². The molecule has 1 aliphatic carbocycles. The number of carboxylic acids is 1. The van der Waals surface area contributed by atoms with Crippen LogP contribution in [0.1, 0.15) is 54.4 Å². The average Bonchev–Trinajstić information content (AvgIpc) is 3.25. The second-order valence-electron chi connectivity index (χ2n) is 9.30. The standard InChI is InChI=1S/C27H32N4O5/c1-17-8-6-11-19(14-17)24-26(28-16-23(34)36-2)31-13-7-12-20(25(31)30-24)27(35)29-21(15-22(32)33)18-9-4-3-5-10-18/h6-8,11-14,18,21,28H,3-5,9-10,15-16H2,1-2H3,(H,29,35)(H,32,33). The normalized spacial score (nSPS) is 14.8. The van der Waals surface area contributed by atoms with Crippen molar-refractivity contribution in [2.45, 2.75) is 51.5 Å². The Kier molecular flexibility index (Phi) is 7.87. The number of carboxylic acid groups (broad SMARTS) is 1. The number of carbonyl (C=O) groups excluding carboxylic acids is 2. The van der Waals surface area contributed by atoms with Crippen molar-refractivity contribution in [3.05, 3.63) is 53.7 Å². The van der Waals surface area contributed by atoms with Crippen molar-refractivity contribution >= 4 is 29.3 Å².